The first-order valence-corrected chi connectivity index (χ1v) is 11.6. The van der Waals surface area contributed by atoms with Crippen LogP contribution in [-0.4, -0.2) is 34.3 Å². The second-order valence-electron chi connectivity index (χ2n) is 7.76. The second kappa shape index (κ2) is 9.15. The first-order chi connectivity index (χ1) is 13.5. The van der Waals surface area contributed by atoms with Gasteiger partial charge in [-0.05, 0) is 43.2 Å². The Morgan fingerprint density at radius 3 is 2.41 bits per heavy atom. The lowest BCUT2D eigenvalue weighted by atomic mass is 9.79. The van der Waals surface area contributed by atoms with Crippen LogP contribution in [0, 0.1) is 11.2 Å². The molecule has 1 fully saturated rings. The number of halogens is 1. The number of benzene rings is 1. The van der Waals surface area contributed by atoms with Gasteiger partial charge in [0, 0.05) is 17.9 Å². The Morgan fingerprint density at radius 1 is 1.31 bits per heavy atom. The van der Waals surface area contributed by atoms with Crippen LogP contribution in [-0.2, 0) is 14.8 Å². The maximum absolute atomic E-state index is 14.6. The summed E-state index contributed by atoms with van der Waals surface area (Å²) in [5, 5.41) is 0. The fourth-order valence-corrected chi connectivity index (χ4v) is 3.73. The van der Waals surface area contributed by atoms with Crippen molar-refractivity contribution in [1.82, 2.24) is 4.72 Å². The average molecular weight is 428 g/mol. The van der Waals surface area contributed by atoms with Crippen molar-refractivity contribution in [2.24, 2.45) is 5.41 Å². The van der Waals surface area contributed by atoms with E-state index >= 15 is 0 Å². The van der Waals surface area contributed by atoms with Crippen molar-refractivity contribution in [2.75, 3.05) is 20.0 Å². The minimum absolute atomic E-state index is 0.182. The maximum atomic E-state index is 14.6. The molecule has 1 amide bonds. The minimum Gasteiger partial charge on any atom is -0.502 e. The largest absolute Gasteiger partial charge is 0.502 e. The van der Waals surface area contributed by atoms with Crippen LogP contribution >= 0.6 is 0 Å². The average Bonchev–Trinajstić information content (AvgIpc) is 3.48. The number of methoxy groups -OCH3 is 1. The third-order valence-corrected chi connectivity index (χ3v) is 6.09. The van der Waals surface area contributed by atoms with Gasteiger partial charge in [-0.15, -0.1) is 0 Å². The van der Waals surface area contributed by atoms with Crippen LogP contribution in [0.5, 0.6) is 5.75 Å². The molecule has 1 aliphatic rings. The van der Waals surface area contributed by atoms with E-state index in [-0.39, 0.29) is 16.9 Å². The van der Waals surface area contributed by atoms with Crippen LogP contribution in [0.1, 0.15) is 67.8 Å². The van der Waals surface area contributed by atoms with Crippen LogP contribution in [0.3, 0.4) is 0 Å². The van der Waals surface area contributed by atoms with Gasteiger partial charge >= 0.3 is 0 Å². The molecule has 2 rings (SSSR count). The normalized spacial score (nSPS) is 14.4. The van der Waals surface area contributed by atoms with E-state index in [4.69, 9.17) is 9.47 Å². The highest BCUT2D eigenvalue weighted by Crippen LogP contribution is 2.46. The zero-order valence-corrected chi connectivity index (χ0v) is 18.3. The van der Waals surface area contributed by atoms with Gasteiger partial charge in [0.2, 0.25) is 10.0 Å². The van der Waals surface area contributed by atoms with Gasteiger partial charge in [0.1, 0.15) is 11.6 Å². The predicted molar refractivity (Wildman–Crippen MR) is 110 cm³/mol. The Morgan fingerprint density at radius 2 is 1.93 bits per heavy atom. The van der Waals surface area contributed by atoms with Gasteiger partial charge in [0.25, 0.3) is 5.91 Å². The first-order valence-electron chi connectivity index (χ1n) is 9.74. The fraction of sp³-hybridized carbons (Fsp3) is 0.571. The van der Waals surface area contributed by atoms with Gasteiger partial charge < -0.3 is 9.47 Å². The van der Waals surface area contributed by atoms with Gasteiger partial charge in [-0.1, -0.05) is 20.4 Å². The number of rotatable bonds is 11. The van der Waals surface area contributed by atoms with Crippen molar-refractivity contribution in [3.63, 3.8) is 0 Å². The van der Waals surface area contributed by atoms with Crippen LogP contribution in [0.25, 0.3) is 0 Å². The fourth-order valence-electron chi connectivity index (χ4n) is 3.28. The molecule has 0 atom stereocenters. The molecule has 0 radical (unpaired) electrons. The Hall–Kier alpha value is -2.09. The zero-order valence-electron chi connectivity index (χ0n) is 17.5. The summed E-state index contributed by atoms with van der Waals surface area (Å²) in [5.74, 6) is -0.548. The van der Waals surface area contributed by atoms with E-state index in [1.165, 1.54) is 12.1 Å². The second-order valence-corrected chi connectivity index (χ2v) is 9.51. The number of carbonyl (C=O) groups is 1. The highest BCUT2D eigenvalue weighted by molar-refractivity contribution is 7.89. The highest BCUT2D eigenvalue weighted by Gasteiger charge is 2.32. The van der Waals surface area contributed by atoms with Gasteiger partial charge in [0.05, 0.1) is 31.3 Å². The molecular weight excluding hydrogens is 397 g/mol. The molecule has 0 unspecified atom stereocenters. The van der Waals surface area contributed by atoms with Crippen molar-refractivity contribution < 1.29 is 27.1 Å². The lowest BCUT2D eigenvalue weighted by molar-refractivity contribution is 0.0976. The number of hydrogen-bond donors (Lipinski definition) is 1. The molecule has 29 heavy (non-hydrogen) atoms. The Labute approximate surface area is 172 Å². The third-order valence-electron chi connectivity index (χ3n) is 5.53. The van der Waals surface area contributed by atoms with E-state index < -0.39 is 21.7 Å². The molecule has 0 spiro atoms. The van der Waals surface area contributed by atoms with E-state index in [0.29, 0.717) is 24.5 Å². The first kappa shape index (κ1) is 23.2. The topological polar surface area (TPSA) is 81.7 Å². The predicted octanol–water partition coefficient (Wildman–Crippen LogP) is 4.13. The van der Waals surface area contributed by atoms with Gasteiger partial charge in [-0.3, -0.25) is 4.79 Å². The lowest BCUT2D eigenvalue weighted by Crippen LogP contribution is -2.30. The molecule has 1 aromatic rings. The van der Waals surface area contributed by atoms with Gasteiger partial charge in [0.15, 0.2) is 0 Å². The van der Waals surface area contributed by atoms with Gasteiger partial charge in [-0.2, -0.15) is 0 Å². The summed E-state index contributed by atoms with van der Waals surface area (Å²) in [6.45, 7) is 8.40. The van der Waals surface area contributed by atoms with Gasteiger partial charge in [-0.25, -0.2) is 17.5 Å². The summed E-state index contributed by atoms with van der Waals surface area (Å²) in [7, 11) is -2.20. The molecule has 0 bridgehead atoms. The van der Waals surface area contributed by atoms with Crippen molar-refractivity contribution in [3.8, 4) is 5.75 Å². The van der Waals surface area contributed by atoms with E-state index in [9.17, 15) is 17.6 Å². The molecule has 0 saturated heterocycles. The minimum atomic E-state index is -3.78. The standard InChI is InChI=1S/C21H30FNO5S/c1-6-21(7-2,12-14(3)27-4)13-28-19-11-18(22)17(10-16(19)15-8-9-15)20(24)23-29(5,25)26/h10-11,15H,3,6-9,12-13H2,1-2,4-5H3,(H,23,24). The monoisotopic (exact) mass is 427 g/mol. The summed E-state index contributed by atoms with van der Waals surface area (Å²) in [6.07, 6.45) is 4.99. The number of carbonyl (C=O) groups excluding carboxylic acids is 1. The quantitative estimate of drug-likeness (QED) is 0.537. The summed E-state index contributed by atoms with van der Waals surface area (Å²) in [6, 6.07) is 2.60. The van der Waals surface area contributed by atoms with E-state index in [1.54, 1.807) is 7.11 Å². The van der Waals surface area contributed by atoms with Crippen molar-refractivity contribution >= 4 is 15.9 Å². The van der Waals surface area contributed by atoms with E-state index in [2.05, 4.69) is 20.4 Å². The lowest BCUT2D eigenvalue weighted by Gasteiger charge is -2.32. The molecule has 1 saturated carbocycles. The van der Waals surface area contributed by atoms with E-state index in [0.717, 1.165) is 37.5 Å². The number of nitrogens with one attached hydrogen (secondary N) is 1. The molecule has 8 heteroatoms. The smallest absolute Gasteiger partial charge is 0.267 e. The zero-order chi connectivity index (χ0) is 21.8. The van der Waals surface area contributed by atoms with E-state index in [1.807, 2.05) is 4.72 Å². The molecular formula is C21H30FNO5S. The number of sulfonamides is 1. The molecule has 1 aliphatic carbocycles. The summed E-state index contributed by atoms with van der Waals surface area (Å²) in [5.41, 5.74) is 0.239. The third kappa shape index (κ3) is 6.19. The summed E-state index contributed by atoms with van der Waals surface area (Å²) >= 11 is 0. The molecule has 0 heterocycles. The number of amides is 1. The summed E-state index contributed by atoms with van der Waals surface area (Å²) in [4.78, 5) is 12.2. The van der Waals surface area contributed by atoms with Crippen LogP contribution < -0.4 is 9.46 Å². The van der Waals surface area contributed by atoms with Crippen molar-refractivity contribution in [1.29, 1.82) is 0 Å². The molecule has 162 valence electrons. The molecule has 0 aromatic heterocycles. The number of hydrogen-bond acceptors (Lipinski definition) is 5. The van der Waals surface area contributed by atoms with Crippen molar-refractivity contribution in [2.45, 2.75) is 51.9 Å². The molecule has 1 aromatic carbocycles. The SMILES string of the molecule is C=C(CC(CC)(CC)COc1cc(F)c(C(=O)NS(C)(=O)=O)cc1C1CC1)OC. The highest BCUT2D eigenvalue weighted by atomic mass is 32.2. The van der Waals surface area contributed by atoms with Crippen LogP contribution in [0.2, 0.25) is 0 Å². The van der Waals surface area contributed by atoms with Crippen molar-refractivity contribution in [3.05, 3.63) is 41.4 Å². The van der Waals surface area contributed by atoms with Crippen LogP contribution in [0.4, 0.5) is 4.39 Å². The molecule has 1 N–H and O–H groups in total. The molecule has 0 aliphatic heterocycles. The number of allylic oxidation sites excluding steroid dienone is 1. The Balaban J connectivity index is 2.30. The molecule has 6 nitrogen and oxygen atoms in total. The number of ether oxygens (including phenoxy) is 2. The maximum Gasteiger partial charge on any atom is 0.267 e. The Kier molecular flexibility index (Phi) is 7.32. The summed E-state index contributed by atoms with van der Waals surface area (Å²) < 4.78 is 50.4. The van der Waals surface area contributed by atoms with Crippen LogP contribution in [0.15, 0.2) is 24.5 Å². The Bertz CT molecular complexity index is 873.